The maximum absolute atomic E-state index is 11.9. The van der Waals surface area contributed by atoms with Gasteiger partial charge in [0.25, 0.3) is 5.91 Å². The number of carbonyl (C=O) groups excluding carboxylic acids is 1. The maximum Gasteiger partial charge on any atom is 0.433 e. The van der Waals surface area contributed by atoms with Gasteiger partial charge in [-0.1, -0.05) is 6.08 Å². The van der Waals surface area contributed by atoms with Crippen molar-refractivity contribution in [2.45, 2.75) is 6.18 Å². The minimum Gasteiger partial charge on any atom is -0.271 e. The van der Waals surface area contributed by atoms with Crippen molar-refractivity contribution in [2.24, 2.45) is 10.9 Å². The highest BCUT2D eigenvalue weighted by Crippen LogP contribution is 2.21. The lowest BCUT2D eigenvalue weighted by atomic mass is 10.1. The Morgan fingerprint density at radius 1 is 1.54 bits per heavy atom. The van der Waals surface area contributed by atoms with Crippen LogP contribution in [-0.4, -0.2) is 17.8 Å². The number of dihydropyridines is 1. The van der Waals surface area contributed by atoms with E-state index in [2.05, 4.69) is 4.99 Å². The highest BCUT2D eigenvalue weighted by atomic mass is 19.4. The molecular weight excluding hydrogens is 185 g/mol. The molecule has 0 aromatic carbocycles. The molecule has 0 fully saturated rings. The van der Waals surface area contributed by atoms with Crippen LogP contribution in [0.2, 0.25) is 0 Å². The third-order valence-corrected chi connectivity index (χ3v) is 1.37. The summed E-state index contributed by atoms with van der Waals surface area (Å²) in [5, 5.41) is 8.28. The standard InChI is InChI=1S/C7H3F3N2O/c8-7(9,10)5-2-1-4(3-11)6(13)12-5/h1-2,4H. The summed E-state index contributed by atoms with van der Waals surface area (Å²) in [5.74, 6) is -2.26. The van der Waals surface area contributed by atoms with Gasteiger partial charge in [0.1, 0.15) is 11.6 Å². The summed E-state index contributed by atoms with van der Waals surface area (Å²) >= 11 is 0. The zero-order valence-electron chi connectivity index (χ0n) is 6.17. The van der Waals surface area contributed by atoms with Crippen molar-refractivity contribution in [3.8, 4) is 6.07 Å². The number of hydrogen-bond donors (Lipinski definition) is 0. The van der Waals surface area contributed by atoms with Gasteiger partial charge < -0.3 is 0 Å². The summed E-state index contributed by atoms with van der Waals surface area (Å²) in [6.45, 7) is 0. The van der Waals surface area contributed by atoms with Crippen molar-refractivity contribution in [2.75, 3.05) is 0 Å². The van der Waals surface area contributed by atoms with E-state index < -0.39 is 23.7 Å². The number of halogens is 3. The molecule has 68 valence electrons. The SMILES string of the molecule is N#CC1C=CC(C(F)(F)F)=NC1=O. The molecule has 0 aromatic heterocycles. The second kappa shape index (κ2) is 3.01. The lowest BCUT2D eigenvalue weighted by molar-refractivity contribution is -0.119. The van der Waals surface area contributed by atoms with E-state index >= 15 is 0 Å². The third kappa shape index (κ3) is 1.93. The third-order valence-electron chi connectivity index (χ3n) is 1.37. The molecule has 0 bridgehead atoms. The van der Waals surface area contributed by atoms with Crippen LogP contribution >= 0.6 is 0 Å². The first kappa shape index (κ1) is 9.45. The smallest absolute Gasteiger partial charge is 0.271 e. The van der Waals surface area contributed by atoms with Crippen molar-refractivity contribution >= 4 is 11.6 Å². The molecule has 0 aromatic rings. The fourth-order valence-corrected chi connectivity index (χ4v) is 0.751. The van der Waals surface area contributed by atoms with Gasteiger partial charge in [0.05, 0.1) is 6.07 Å². The van der Waals surface area contributed by atoms with Crippen LogP contribution in [0.3, 0.4) is 0 Å². The van der Waals surface area contributed by atoms with Gasteiger partial charge in [0, 0.05) is 0 Å². The number of amides is 1. The van der Waals surface area contributed by atoms with Crippen LogP contribution in [0.5, 0.6) is 0 Å². The number of aliphatic imine (C=N–C) groups is 1. The molecule has 1 atom stereocenters. The van der Waals surface area contributed by atoms with E-state index in [1.54, 1.807) is 0 Å². The number of allylic oxidation sites excluding steroid dienone is 1. The van der Waals surface area contributed by atoms with Gasteiger partial charge in [-0.2, -0.15) is 18.4 Å². The highest BCUT2D eigenvalue weighted by molar-refractivity contribution is 6.09. The number of nitriles is 1. The normalized spacial score (nSPS) is 22.5. The van der Waals surface area contributed by atoms with E-state index in [1.165, 1.54) is 6.07 Å². The van der Waals surface area contributed by atoms with Gasteiger partial charge in [-0.25, -0.2) is 4.99 Å². The lowest BCUT2D eigenvalue weighted by Crippen LogP contribution is -2.26. The summed E-state index contributed by atoms with van der Waals surface area (Å²) in [6, 6.07) is 1.51. The van der Waals surface area contributed by atoms with E-state index in [1.807, 2.05) is 0 Å². The van der Waals surface area contributed by atoms with Crippen molar-refractivity contribution in [3.05, 3.63) is 12.2 Å². The molecule has 1 aliphatic heterocycles. The Kier molecular flexibility index (Phi) is 2.19. The van der Waals surface area contributed by atoms with E-state index in [0.29, 0.717) is 6.08 Å². The number of carbonyl (C=O) groups is 1. The molecule has 0 aliphatic carbocycles. The predicted molar refractivity (Wildman–Crippen MR) is 36.7 cm³/mol. The minimum absolute atomic E-state index is 0.634. The van der Waals surface area contributed by atoms with Gasteiger partial charge in [0.2, 0.25) is 0 Å². The van der Waals surface area contributed by atoms with Crippen molar-refractivity contribution < 1.29 is 18.0 Å². The van der Waals surface area contributed by atoms with Gasteiger partial charge in [-0.3, -0.25) is 4.79 Å². The topological polar surface area (TPSA) is 53.2 Å². The van der Waals surface area contributed by atoms with Crippen LogP contribution < -0.4 is 0 Å². The van der Waals surface area contributed by atoms with Crippen molar-refractivity contribution in [1.82, 2.24) is 0 Å². The Hall–Kier alpha value is -1.64. The molecule has 1 unspecified atom stereocenters. The first-order valence-corrected chi connectivity index (χ1v) is 3.22. The minimum atomic E-state index is -4.63. The van der Waals surface area contributed by atoms with Gasteiger partial charge in [-0.05, 0) is 6.08 Å². The monoisotopic (exact) mass is 188 g/mol. The molecule has 0 saturated carbocycles. The summed E-state index contributed by atoms with van der Waals surface area (Å²) in [7, 11) is 0. The van der Waals surface area contributed by atoms with Crippen LogP contribution in [0.4, 0.5) is 13.2 Å². The number of alkyl halides is 3. The van der Waals surface area contributed by atoms with Crippen LogP contribution in [-0.2, 0) is 4.79 Å². The summed E-state index contributed by atoms with van der Waals surface area (Å²) < 4.78 is 35.8. The molecule has 0 radical (unpaired) electrons. The van der Waals surface area contributed by atoms with Gasteiger partial charge in [0.15, 0.2) is 0 Å². The molecule has 3 nitrogen and oxygen atoms in total. The van der Waals surface area contributed by atoms with E-state index in [9.17, 15) is 18.0 Å². The second-order valence-electron chi connectivity index (χ2n) is 2.30. The average Bonchev–Trinajstić information content (AvgIpc) is 2.02. The first-order valence-electron chi connectivity index (χ1n) is 3.22. The van der Waals surface area contributed by atoms with E-state index in [4.69, 9.17) is 5.26 Å². The quantitative estimate of drug-likeness (QED) is 0.574. The fourth-order valence-electron chi connectivity index (χ4n) is 0.751. The van der Waals surface area contributed by atoms with E-state index in [0.717, 1.165) is 6.08 Å². The van der Waals surface area contributed by atoms with Crippen molar-refractivity contribution in [1.29, 1.82) is 5.26 Å². The molecular formula is C7H3F3N2O. The van der Waals surface area contributed by atoms with Crippen LogP contribution in [0, 0.1) is 17.2 Å². The molecule has 13 heavy (non-hydrogen) atoms. The summed E-state index contributed by atoms with van der Waals surface area (Å²) in [5.41, 5.74) is -1.26. The lowest BCUT2D eigenvalue weighted by Gasteiger charge is -2.10. The Morgan fingerprint density at radius 3 is 2.54 bits per heavy atom. The molecule has 0 N–H and O–H groups in total. The Bertz CT molecular complexity index is 335. The first-order chi connectivity index (χ1) is 5.95. The molecule has 6 heteroatoms. The number of hydrogen-bond acceptors (Lipinski definition) is 2. The largest absolute Gasteiger partial charge is 0.433 e. The summed E-state index contributed by atoms with van der Waals surface area (Å²) in [4.78, 5) is 13.5. The maximum atomic E-state index is 11.9. The average molecular weight is 188 g/mol. The highest BCUT2D eigenvalue weighted by Gasteiger charge is 2.37. The molecule has 0 spiro atoms. The Morgan fingerprint density at radius 2 is 2.15 bits per heavy atom. The van der Waals surface area contributed by atoms with Crippen molar-refractivity contribution in [3.63, 3.8) is 0 Å². The van der Waals surface area contributed by atoms with Crippen LogP contribution in [0.25, 0.3) is 0 Å². The zero-order chi connectivity index (χ0) is 10.1. The van der Waals surface area contributed by atoms with Crippen LogP contribution in [0.15, 0.2) is 17.1 Å². The zero-order valence-corrected chi connectivity index (χ0v) is 6.17. The summed E-state index contributed by atoms with van der Waals surface area (Å²) in [6.07, 6.45) is -3.11. The van der Waals surface area contributed by atoms with Gasteiger partial charge in [-0.15, -0.1) is 0 Å². The fraction of sp³-hybridized carbons (Fsp3) is 0.286. The Labute approximate surface area is 71.2 Å². The van der Waals surface area contributed by atoms with E-state index in [-0.39, 0.29) is 0 Å². The molecule has 0 saturated heterocycles. The molecule has 1 amide bonds. The second-order valence-corrected chi connectivity index (χ2v) is 2.30. The number of nitrogens with zero attached hydrogens (tertiary/aromatic N) is 2. The predicted octanol–water partition coefficient (Wildman–Crippen LogP) is 1.23. The number of rotatable bonds is 0. The van der Waals surface area contributed by atoms with Gasteiger partial charge >= 0.3 is 6.18 Å². The van der Waals surface area contributed by atoms with Crippen LogP contribution in [0.1, 0.15) is 0 Å². The molecule has 1 aliphatic rings. The Balaban J connectivity index is 2.94. The molecule has 1 heterocycles. The molecule has 1 rings (SSSR count).